The molecule has 2 rings (SSSR count). The summed E-state index contributed by atoms with van der Waals surface area (Å²) in [4.78, 5) is 12.2. The van der Waals surface area contributed by atoms with E-state index in [1.165, 1.54) is 41.5 Å². The molecule has 0 bridgehead atoms. The van der Waals surface area contributed by atoms with E-state index in [1.54, 1.807) is 0 Å². The minimum absolute atomic E-state index is 0.0917. The lowest BCUT2D eigenvalue weighted by molar-refractivity contribution is -0.0500. The fourth-order valence-corrected chi connectivity index (χ4v) is 6.38. The molecule has 0 N–H and O–H groups in total. The van der Waals surface area contributed by atoms with E-state index in [0.29, 0.717) is 6.07 Å². The van der Waals surface area contributed by atoms with Crippen molar-refractivity contribution in [3.8, 4) is 5.75 Å². The number of rotatable bonds is 10. The SMILES string of the molecule is CC(C)OP(=O)(OCN1C(=O)c2c(C(C)C)cc(OS(=O)(=O)C(F)(F)F)cc2S1(=O)=O)OC(C)C. The zero-order valence-electron chi connectivity index (χ0n) is 19.5. The maximum atomic E-state index is 13.1. The molecule has 11 nitrogen and oxygen atoms in total. The molecule has 0 saturated heterocycles. The summed E-state index contributed by atoms with van der Waals surface area (Å²) in [5, 5.41) is 0. The van der Waals surface area contributed by atoms with Crippen LogP contribution in [0, 0.1) is 0 Å². The first-order chi connectivity index (χ1) is 15.7. The van der Waals surface area contributed by atoms with Crippen molar-refractivity contribution in [3.63, 3.8) is 0 Å². The molecule has 0 aromatic heterocycles. The van der Waals surface area contributed by atoms with Crippen molar-refractivity contribution in [2.45, 2.75) is 70.1 Å². The second kappa shape index (κ2) is 9.98. The van der Waals surface area contributed by atoms with E-state index < -0.39 is 80.4 Å². The predicted molar refractivity (Wildman–Crippen MR) is 115 cm³/mol. The van der Waals surface area contributed by atoms with Gasteiger partial charge < -0.3 is 4.18 Å². The number of nitrogens with zero attached hydrogens (tertiary/aromatic N) is 1. The van der Waals surface area contributed by atoms with Crippen molar-refractivity contribution < 1.29 is 57.1 Å². The molecule has 35 heavy (non-hydrogen) atoms. The van der Waals surface area contributed by atoms with E-state index >= 15 is 0 Å². The van der Waals surface area contributed by atoms with E-state index in [9.17, 15) is 39.4 Å². The fraction of sp³-hybridized carbons (Fsp3) is 0.611. The average Bonchev–Trinajstić information content (AvgIpc) is 2.82. The third-order valence-electron chi connectivity index (χ3n) is 4.24. The number of sulfonamides is 1. The molecule has 0 radical (unpaired) electrons. The number of phosphoric acid groups is 1. The predicted octanol–water partition coefficient (Wildman–Crippen LogP) is 4.12. The van der Waals surface area contributed by atoms with Crippen LogP contribution in [0.25, 0.3) is 0 Å². The average molecular weight is 567 g/mol. The number of halogens is 3. The van der Waals surface area contributed by atoms with Crippen molar-refractivity contribution in [2.24, 2.45) is 0 Å². The van der Waals surface area contributed by atoms with Crippen LogP contribution in [0.5, 0.6) is 5.75 Å². The number of hydrogen-bond acceptors (Lipinski definition) is 10. The summed E-state index contributed by atoms with van der Waals surface area (Å²) in [6.07, 6.45) is -1.32. The Balaban J connectivity index is 2.52. The van der Waals surface area contributed by atoms with Crippen LogP contribution < -0.4 is 4.18 Å². The van der Waals surface area contributed by atoms with Gasteiger partial charge in [0.2, 0.25) is 0 Å². The molecular weight excluding hydrogens is 542 g/mol. The minimum Gasteiger partial charge on any atom is -0.376 e. The normalized spacial score (nSPS) is 16.5. The second-order valence-corrected chi connectivity index (χ2v) is 13.1. The van der Waals surface area contributed by atoms with Crippen LogP contribution in [-0.2, 0) is 38.3 Å². The van der Waals surface area contributed by atoms with E-state index in [1.807, 2.05) is 0 Å². The van der Waals surface area contributed by atoms with Crippen LogP contribution >= 0.6 is 7.82 Å². The molecule has 1 aromatic carbocycles. The molecule has 0 fully saturated rings. The van der Waals surface area contributed by atoms with Crippen LogP contribution in [0.15, 0.2) is 17.0 Å². The summed E-state index contributed by atoms with van der Waals surface area (Å²) in [5.74, 6) is -2.73. The smallest absolute Gasteiger partial charge is 0.376 e. The van der Waals surface area contributed by atoms with Crippen molar-refractivity contribution >= 4 is 33.9 Å². The van der Waals surface area contributed by atoms with Crippen LogP contribution in [0.2, 0.25) is 0 Å². The quantitative estimate of drug-likeness (QED) is 0.230. The molecule has 0 unspecified atom stereocenters. The Bertz CT molecular complexity index is 1230. The highest BCUT2D eigenvalue weighted by Gasteiger charge is 2.50. The third kappa shape index (κ3) is 6.35. The highest BCUT2D eigenvalue weighted by Crippen LogP contribution is 2.52. The van der Waals surface area contributed by atoms with Crippen LogP contribution in [-0.4, -0.2) is 51.5 Å². The van der Waals surface area contributed by atoms with E-state index in [4.69, 9.17) is 13.6 Å². The lowest BCUT2D eigenvalue weighted by atomic mass is 9.96. The molecule has 1 amide bonds. The van der Waals surface area contributed by atoms with Gasteiger partial charge in [-0.3, -0.25) is 18.4 Å². The number of alkyl halides is 3. The van der Waals surface area contributed by atoms with Gasteiger partial charge in [-0.25, -0.2) is 17.3 Å². The Labute approximate surface area is 201 Å². The molecule has 1 aliphatic heterocycles. The van der Waals surface area contributed by atoms with Gasteiger partial charge in [0.05, 0.1) is 17.8 Å². The first kappa shape index (κ1) is 29.5. The van der Waals surface area contributed by atoms with Gasteiger partial charge in [-0.15, -0.1) is 0 Å². The number of fused-ring (bicyclic) bond motifs is 1. The summed E-state index contributed by atoms with van der Waals surface area (Å²) in [5.41, 5.74) is -6.28. The van der Waals surface area contributed by atoms with Gasteiger partial charge in [-0.2, -0.15) is 21.6 Å². The zero-order chi connectivity index (χ0) is 27.1. The topological polar surface area (TPSA) is 143 Å². The molecule has 200 valence electrons. The number of phosphoric ester groups is 1. The van der Waals surface area contributed by atoms with Crippen molar-refractivity contribution in [1.82, 2.24) is 4.31 Å². The van der Waals surface area contributed by atoms with Crippen molar-refractivity contribution in [1.29, 1.82) is 0 Å². The maximum Gasteiger partial charge on any atom is 0.534 e. The first-order valence-corrected chi connectivity index (χ1v) is 14.4. The Morgan fingerprint density at radius 3 is 1.97 bits per heavy atom. The molecule has 0 aliphatic carbocycles. The molecule has 0 spiro atoms. The van der Waals surface area contributed by atoms with Gasteiger partial charge >= 0.3 is 23.4 Å². The highest BCUT2D eigenvalue weighted by molar-refractivity contribution is 7.90. The van der Waals surface area contributed by atoms with Gasteiger partial charge in [0.1, 0.15) is 17.4 Å². The van der Waals surface area contributed by atoms with E-state index in [-0.39, 0.29) is 9.87 Å². The second-order valence-electron chi connectivity index (χ2n) is 8.20. The summed E-state index contributed by atoms with van der Waals surface area (Å²) < 4.78 is 120. The van der Waals surface area contributed by atoms with E-state index in [2.05, 4.69) is 4.18 Å². The Morgan fingerprint density at radius 2 is 1.54 bits per heavy atom. The molecule has 0 saturated carbocycles. The monoisotopic (exact) mass is 567 g/mol. The minimum atomic E-state index is -6.12. The standard InChI is InChI=1S/C18H25F3NO10PS2/c1-10(2)14-7-13(32-35(27,28)18(19,20)21)8-15-16(14)17(23)22(34(15,25)26)9-29-33(24,30-11(3)4)31-12(5)6/h7-8,10-12H,9H2,1-6H3. The van der Waals surface area contributed by atoms with Gasteiger partial charge in [0.15, 0.2) is 0 Å². The Morgan fingerprint density at radius 1 is 1.03 bits per heavy atom. The Kier molecular flexibility index (Phi) is 8.42. The fourth-order valence-electron chi connectivity index (χ4n) is 2.93. The van der Waals surface area contributed by atoms with Gasteiger partial charge in [-0.05, 0) is 45.2 Å². The highest BCUT2D eigenvalue weighted by atomic mass is 32.2. The summed E-state index contributed by atoms with van der Waals surface area (Å²) >= 11 is 0. The third-order valence-corrected chi connectivity index (χ3v) is 8.74. The molecule has 0 atom stereocenters. The van der Waals surface area contributed by atoms with Crippen LogP contribution in [0.1, 0.15) is 63.4 Å². The lowest BCUT2D eigenvalue weighted by Gasteiger charge is -2.24. The molecule has 17 heteroatoms. The number of benzene rings is 1. The van der Waals surface area contributed by atoms with E-state index in [0.717, 1.165) is 6.07 Å². The summed E-state index contributed by atoms with van der Waals surface area (Å²) in [6, 6.07) is 1.33. The molecule has 1 aliphatic rings. The summed E-state index contributed by atoms with van der Waals surface area (Å²) in [7, 11) is -15.2. The molecule has 1 aromatic rings. The number of hydrogen-bond donors (Lipinski definition) is 0. The molecular formula is C18H25F3NO10PS2. The molecule has 1 heterocycles. The zero-order valence-corrected chi connectivity index (χ0v) is 22.0. The lowest BCUT2D eigenvalue weighted by Crippen LogP contribution is -2.32. The number of carbonyl (C=O) groups excluding carboxylic acids is 1. The number of carbonyl (C=O) groups is 1. The maximum absolute atomic E-state index is 13.1. The van der Waals surface area contributed by atoms with Crippen molar-refractivity contribution in [2.75, 3.05) is 6.73 Å². The van der Waals surface area contributed by atoms with Crippen LogP contribution in [0.3, 0.4) is 0 Å². The van der Waals surface area contributed by atoms with Crippen molar-refractivity contribution in [3.05, 3.63) is 23.3 Å². The largest absolute Gasteiger partial charge is 0.534 e. The summed E-state index contributed by atoms with van der Waals surface area (Å²) in [6.45, 7) is 7.94. The van der Waals surface area contributed by atoms with Gasteiger partial charge in [0, 0.05) is 6.07 Å². The number of amides is 1. The van der Waals surface area contributed by atoms with Crippen LogP contribution in [0.4, 0.5) is 13.2 Å². The van der Waals surface area contributed by atoms with Gasteiger partial charge in [0.25, 0.3) is 15.9 Å². The first-order valence-electron chi connectivity index (χ1n) is 10.1. The van der Waals surface area contributed by atoms with Gasteiger partial charge in [-0.1, -0.05) is 13.8 Å². The Hall–Kier alpha value is -1.71.